The van der Waals surface area contributed by atoms with E-state index in [0.29, 0.717) is 17.5 Å². The van der Waals surface area contributed by atoms with Crippen molar-refractivity contribution in [3.63, 3.8) is 0 Å². The van der Waals surface area contributed by atoms with Gasteiger partial charge in [-0.2, -0.15) is 15.0 Å². The number of nitrogens with zero attached hydrogens (tertiary/aromatic N) is 3. The average Bonchev–Trinajstić information content (AvgIpc) is 2.68. The van der Waals surface area contributed by atoms with E-state index in [9.17, 15) is 4.79 Å². The Balaban J connectivity index is 1.59. The first-order chi connectivity index (χ1) is 13.5. The predicted octanol–water partition coefficient (Wildman–Crippen LogP) is 3.77. The van der Waals surface area contributed by atoms with Crippen molar-refractivity contribution in [3.05, 3.63) is 66.0 Å². The Bertz CT molecular complexity index is 933. The lowest BCUT2D eigenvalue weighted by Crippen LogP contribution is -2.22. The molecule has 0 radical (unpaired) electrons. The molecule has 0 bridgehead atoms. The van der Waals surface area contributed by atoms with Crippen LogP contribution in [0, 0.1) is 6.92 Å². The first-order valence-corrected chi connectivity index (χ1v) is 9.86. The third-order valence-electron chi connectivity index (χ3n) is 3.88. The number of nitrogens with one attached hydrogen (secondary N) is 2. The summed E-state index contributed by atoms with van der Waals surface area (Å²) in [7, 11) is 0. The molecule has 0 saturated carbocycles. The molecule has 1 heterocycles. The molecule has 8 heteroatoms. The fourth-order valence-corrected chi connectivity index (χ4v) is 3.10. The van der Waals surface area contributed by atoms with Crippen LogP contribution in [-0.2, 0) is 10.5 Å². The van der Waals surface area contributed by atoms with Crippen molar-refractivity contribution >= 4 is 40.9 Å². The van der Waals surface area contributed by atoms with Crippen LogP contribution in [-0.4, -0.2) is 26.1 Å². The van der Waals surface area contributed by atoms with Crippen LogP contribution in [0.15, 0.2) is 54.6 Å². The van der Waals surface area contributed by atoms with Gasteiger partial charge < -0.3 is 16.4 Å². The SMILES string of the molecule is Cc1ccc(Nc2nc(N)nc(CS[C@H](C)C(=O)Nc3ccccc3)n2)cc1. The molecular weight excluding hydrogens is 372 g/mol. The molecular formula is C20H22N6OS. The Kier molecular flexibility index (Phi) is 6.44. The first kappa shape index (κ1) is 19.6. The van der Waals surface area contributed by atoms with E-state index in [1.807, 2.05) is 68.4 Å². The molecule has 0 unspecified atom stereocenters. The molecule has 144 valence electrons. The van der Waals surface area contributed by atoms with Crippen LogP contribution in [0.25, 0.3) is 0 Å². The van der Waals surface area contributed by atoms with E-state index in [-0.39, 0.29) is 17.1 Å². The standard InChI is InChI=1S/C20H22N6OS/c1-13-8-10-16(11-9-13)23-20-25-17(24-19(21)26-20)12-28-14(2)18(27)22-15-6-4-3-5-7-15/h3-11,14H,12H2,1-2H3,(H,22,27)(H3,21,23,24,25,26)/t14-/m1/s1. The van der Waals surface area contributed by atoms with Gasteiger partial charge in [-0.1, -0.05) is 35.9 Å². The van der Waals surface area contributed by atoms with Crippen molar-refractivity contribution in [2.24, 2.45) is 0 Å². The predicted molar refractivity (Wildman–Crippen MR) is 115 cm³/mol. The van der Waals surface area contributed by atoms with Crippen molar-refractivity contribution in [1.29, 1.82) is 0 Å². The maximum atomic E-state index is 12.3. The summed E-state index contributed by atoms with van der Waals surface area (Å²) >= 11 is 1.43. The number of rotatable bonds is 7. The van der Waals surface area contributed by atoms with Gasteiger partial charge in [0.15, 0.2) is 0 Å². The highest BCUT2D eigenvalue weighted by molar-refractivity contribution is 7.99. The van der Waals surface area contributed by atoms with Crippen LogP contribution in [0.1, 0.15) is 18.3 Å². The quantitative estimate of drug-likeness (QED) is 0.560. The van der Waals surface area contributed by atoms with Gasteiger partial charge in [0.2, 0.25) is 17.8 Å². The minimum atomic E-state index is -0.272. The lowest BCUT2D eigenvalue weighted by atomic mass is 10.2. The van der Waals surface area contributed by atoms with Crippen molar-refractivity contribution in [3.8, 4) is 0 Å². The number of hydrogen-bond acceptors (Lipinski definition) is 7. The van der Waals surface area contributed by atoms with Gasteiger partial charge in [-0.15, -0.1) is 11.8 Å². The third kappa shape index (κ3) is 5.68. The van der Waals surface area contributed by atoms with Crippen molar-refractivity contribution in [2.45, 2.75) is 24.9 Å². The number of aromatic nitrogens is 3. The second kappa shape index (κ2) is 9.18. The molecule has 3 aromatic rings. The topological polar surface area (TPSA) is 106 Å². The maximum absolute atomic E-state index is 12.3. The molecule has 0 aliphatic carbocycles. The molecule has 0 fully saturated rings. The van der Waals surface area contributed by atoms with E-state index in [0.717, 1.165) is 11.4 Å². The number of hydrogen-bond donors (Lipinski definition) is 3. The second-order valence-electron chi connectivity index (χ2n) is 6.23. The molecule has 1 atom stereocenters. The molecule has 7 nitrogen and oxygen atoms in total. The highest BCUT2D eigenvalue weighted by atomic mass is 32.2. The number of para-hydroxylation sites is 1. The van der Waals surface area contributed by atoms with E-state index < -0.39 is 0 Å². The Labute approximate surface area is 168 Å². The molecule has 2 aromatic carbocycles. The Hall–Kier alpha value is -3.13. The largest absolute Gasteiger partial charge is 0.368 e. The van der Waals surface area contributed by atoms with Gasteiger partial charge >= 0.3 is 0 Å². The van der Waals surface area contributed by atoms with Gasteiger partial charge in [0.1, 0.15) is 5.82 Å². The Morgan fingerprint density at radius 1 is 1.04 bits per heavy atom. The van der Waals surface area contributed by atoms with Crippen molar-refractivity contribution in [2.75, 3.05) is 16.4 Å². The van der Waals surface area contributed by atoms with Crippen LogP contribution >= 0.6 is 11.8 Å². The molecule has 0 aliphatic heterocycles. The van der Waals surface area contributed by atoms with Crippen LogP contribution in [0.4, 0.5) is 23.3 Å². The van der Waals surface area contributed by atoms with Gasteiger partial charge in [0, 0.05) is 11.4 Å². The van der Waals surface area contributed by atoms with Crippen molar-refractivity contribution in [1.82, 2.24) is 15.0 Å². The van der Waals surface area contributed by atoms with Crippen LogP contribution in [0.3, 0.4) is 0 Å². The van der Waals surface area contributed by atoms with E-state index in [4.69, 9.17) is 5.73 Å². The lowest BCUT2D eigenvalue weighted by molar-refractivity contribution is -0.115. The van der Waals surface area contributed by atoms with Gasteiger partial charge in [0.25, 0.3) is 0 Å². The van der Waals surface area contributed by atoms with E-state index in [1.54, 1.807) is 0 Å². The summed E-state index contributed by atoms with van der Waals surface area (Å²) < 4.78 is 0. The van der Waals surface area contributed by atoms with Crippen molar-refractivity contribution < 1.29 is 4.79 Å². The van der Waals surface area contributed by atoms with Gasteiger partial charge in [0.05, 0.1) is 11.0 Å². The number of carbonyl (C=O) groups excluding carboxylic acids is 1. The molecule has 3 rings (SSSR count). The smallest absolute Gasteiger partial charge is 0.237 e. The molecule has 1 aromatic heterocycles. The minimum Gasteiger partial charge on any atom is -0.368 e. The first-order valence-electron chi connectivity index (χ1n) is 8.81. The number of thioether (sulfide) groups is 1. The number of aryl methyl sites for hydroxylation is 1. The molecule has 0 aliphatic rings. The third-order valence-corrected chi connectivity index (χ3v) is 5.02. The summed E-state index contributed by atoms with van der Waals surface area (Å²) in [6.07, 6.45) is 0. The highest BCUT2D eigenvalue weighted by Crippen LogP contribution is 2.20. The molecule has 0 saturated heterocycles. The summed E-state index contributed by atoms with van der Waals surface area (Å²) in [5.74, 6) is 1.41. The minimum absolute atomic E-state index is 0.0729. The van der Waals surface area contributed by atoms with E-state index >= 15 is 0 Å². The normalized spacial score (nSPS) is 11.6. The highest BCUT2D eigenvalue weighted by Gasteiger charge is 2.15. The number of anilines is 4. The van der Waals surface area contributed by atoms with Gasteiger partial charge in [-0.25, -0.2) is 0 Å². The molecule has 0 spiro atoms. The zero-order chi connectivity index (χ0) is 19.9. The van der Waals surface area contributed by atoms with E-state index in [2.05, 4.69) is 25.6 Å². The fourth-order valence-electron chi connectivity index (χ4n) is 2.37. The molecule has 28 heavy (non-hydrogen) atoms. The monoisotopic (exact) mass is 394 g/mol. The van der Waals surface area contributed by atoms with Gasteiger partial charge in [-0.05, 0) is 38.1 Å². The summed E-state index contributed by atoms with van der Waals surface area (Å²) in [6.45, 7) is 3.87. The second-order valence-corrected chi connectivity index (χ2v) is 7.56. The zero-order valence-electron chi connectivity index (χ0n) is 15.7. The molecule has 1 amide bonds. The van der Waals surface area contributed by atoms with E-state index in [1.165, 1.54) is 17.3 Å². The van der Waals surface area contributed by atoms with Gasteiger partial charge in [-0.3, -0.25) is 4.79 Å². The maximum Gasteiger partial charge on any atom is 0.237 e. The van der Waals surface area contributed by atoms with Crippen LogP contribution in [0.5, 0.6) is 0 Å². The summed E-state index contributed by atoms with van der Waals surface area (Å²) in [5, 5.41) is 5.74. The number of benzene rings is 2. The molecule has 4 N–H and O–H groups in total. The number of carbonyl (C=O) groups is 1. The summed E-state index contributed by atoms with van der Waals surface area (Å²) in [6, 6.07) is 17.2. The Morgan fingerprint density at radius 3 is 2.46 bits per heavy atom. The number of nitrogens with two attached hydrogens (primary N) is 1. The number of amides is 1. The summed E-state index contributed by atoms with van der Waals surface area (Å²) in [4.78, 5) is 25.0. The fraction of sp³-hybridized carbons (Fsp3) is 0.200. The lowest BCUT2D eigenvalue weighted by Gasteiger charge is -2.12. The number of nitrogen functional groups attached to an aromatic ring is 1. The van der Waals surface area contributed by atoms with Crippen LogP contribution in [0.2, 0.25) is 0 Å². The Morgan fingerprint density at radius 2 is 1.75 bits per heavy atom. The van der Waals surface area contributed by atoms with Crippen LogP contribution < -0.4 is 16.4 Å². The zero-order valence-corrected chi connectivity index (χ0v) is 16.5. The average molecular weight is 395 g/mol. The summed E-state index contributed by atoms with van der Waals surface area (Å²) in [5.41, 5.74) is 8.62.